The van der Waals surface area contributed by atoms with E-state index >= 15 is 0 Å². The summed E-state index contributed by atoms with van der Waals surface area (Å²) < 4.78 is 0.696. The number of nitrogens with two attached hydrogens (primary N) is 1. The van der Waals surface area contributed by atoms with Crippen LogP contribution in [0.2, 0.25) is 19.6 Å². The minimum atomic E-state index is -1.42. The molecule has 1 heterocycles. The Kier molecular flexibility index (Phi) is 2.53. The molecule has 5 heteroatoms. The van der Waals surface area contributed by atoms with Crippen LogP contribution in [-0.2, 0) is 0 Å². The Bertz CT molecular complexity index is 295. The molecular formula is C7H12BrN3Si. The molecule has 0 aliphatic rings. The average molecular weight is 246 g/mol. The third-order valence-corrected chi connectivity index (χ3v) is 3.67. The highest BCUT2D eigenvalue weighted by Crippen LogP contribution is 2.08. The van der Waals surface area contributed by atoms with Gasteiger partial charge in [-0.1, -0.05) is 19.6 Å². The van der Waals surface area contributed by atoms with Gasteiger partial charge in [0, 0.05) is 0 Å². The Morgan fingerprint density at radius 2 is 2.00 bits per heavy atom. The molecule has 1 rings (SSSR count). The van der Waals surface area contributed by atoms with E-state index < -0.39 is 8.07 Å². The molecule has 0 amide bonds. The molecule has 2 N–H and O–H groups in total. The van der Waals surface area contributed by atoms with Gasteiger partial charge in [-0.25, -0.2) is 4.98 Å². The SMILES string of the molecule is C[Si](C)(C)c1ncc(Br)nc1N. The van der Waals surface area contributed by atoms with Crippen LogP contribution in [0.25, 0.3) is 0 Å². The molecule has 0 aromatic carbocycles. The van der Waals surface area contributed by atoms with E-state index in [0.29, 0.717) is 10.4 Å². The maximum absolute atomic E-state index is 5.74. The quantitative estimate of drug-likeness (QED) is 0.761. The molecular weight excluding hydrogens is 234 g/mol. The molecule has 0 spiro atoms. The van der Waals surface area contributed by atoms with Crippen molar-refractivity contribution < 1.29 is 0 Å². The van der Waals surface area contributed by atoms with E-state index in [9.17, 15) is 0 Å². The van der Waals surface area contributed by atoms with Gasteiger partial charge in [-0.05, 0) is 15.9 Å². The zero-order valence-corrected chi connectivity index (χ0v) is 10.0. The first-order valence-corrected chi connectivity index (χ1v) is 7.99. The first kappa shape index (κ1) is 9.66. The van der Waals surface area contributed by atoms with E-state index in [2.05, 4.69) is 45.5 Å². The molecule has 0 saturated carbocycles. The van der Waals surface area contributed by atoms with Gasteiger partial charge in [0.05, 0.1) is 11.5 Å². The third-order valence-electron chi connectivity index (χ3n) is 1.48. The van der Waals surface area contributed by atoms with Crippen molar-refractivity contribution in [2.75, 3.05) is 5.73 Å². The van der Waals surface area contributed by atoms with Gasteiger partial charge in [-0.3, -0.25) is 4.98 Å². The van der Waals surface area contributed by atoms with Crippen LogP contribution in [0.5, 0.6) is 0 Å². The summed E-state index contributed by atoms with van der Waals surface area (Å²) in [6.45, 7) is 6.59. The number of hydrogen-bond donors (Lipinski definition) is 1. The minimum absolute atomic E-state index is 0.559. The molecule has 3 nitrogen and oxygen atoms in total. The summed E-state index contributed by atoms with van der Waals surface area (Å²) in [7, 11) is -1.42. The van der Waals surface area contributed by atoms with Crippen molar-refractivity contribution in [3.63, 3.8) is 0 Å². The Balaban J connectivity index is 3.19. The number of aromatic nitrogens is 2. The highest BCUT2D eigenvalue weighted by atomic mass is 79.9. The molecule has 12 heavy (non-hydrogen) atoms. The second kappa shape index (κ2) is 3.14. The van der Waals surface area contributed by atoms with Crippen molar-refractivity contribution in [3.8, 4) is 0 Å². The number of halogens is 1. The zero-order valence-electron chi connectivity index (χ0n) is 7.43. The van der Waals surface area contributed by atoms with Gasteiger partial charge >= 0.3 is 0 Å². The molecule has 0 aliphatic heterocycles. The van der Waals surface area contributed by atoms with Gasteiger partial charge < -0.3 is 5.73 Å². The summed E-state index contributed by atoms with van der Waals surface area (Å²) in [6.07, 6.45) is 1.70. The van der Waals surface area contributed by atoms with E-state index in [1.54, 1.807) is 6.20 Å². The molecule has 0 atom stereocenters. The smallest absolute Gasteiger partial charge is 0.141 e. The van der Waals surface area contributed by atoms with Crippen LogP contribution in [0.4, 0.5) is 5.82 Å². The topological polar surface area (TPSA) is 51.8 Å². The van der Waals surface area contributed by atoms with Crippen molar-refractivity contribution in [1.29, 1.82) is 0 Å². The molecule has 0 bridgehead atoms. The van der Waals surface area contributed by atoms with Gasteiger partial charge in [0.25, 0.3) is 0 Å². The lowest BCUT2D eigenvalue weighted by Crippen LogP contribution is -2.42. The van der Waals surface area contributed by atoms with Gasteiger partial charge in [0.1, 0.15) is 18.5 Å². The van der Waals surface area contributed by atoms with Crippen LogP contribution in [0.1, 0.15) is 0 Å². The lowest BCUT2D eigenvalue weighted by Gasteiger charge is -2.16. The summed E-state index contributed by atoms with van der Waals surface area (Å²) in [6, 6.07) is 0. The van der Waals surface area contributed by atoms with E-state index in [4.69, 9.17) is 5.73 Å². The normalized spacial score (nSPS) is 11.7. The molecule has 0 unspecified atom stereocenters. The van der Waals surface area contributed by atoms with E-state index in [-0.39, 0.29) is 0 Å². The molecule has 0 fully saturated rings. The van der Waals surface area contributed by atoms with Crippen LogP contribution >= 0.6 is 15.9 Å². The van der Waals surface area contributed by atoms with Crippen molar-refractivity contribution in [2.24, 2.45) is 0 Å². The van der Waals surface area contributed by atoms with Crippen LogP contribution in [0.15, 0.2) is 10.8 Å². The lowest BCUT2D eigenvalue weighted by molar-refractivity contribution is 1.20. The monoisotopic (exact) mass is 245 g/mol. The predicted octanol–water partition coefficient (Wildman–Crippen LogP) is 1.37. The fourth-order valence-corrected chi connectivity index (χ4v) is 2.53. The molecule has 0 saturated heterocycles. The number of rotatable bonds is 1. The summed E-state index contributed by atoms with van der Waals surface area (Å²) in [5.74, 6) is 0.559. The first-order chi connectivity index (χ1) is 5.41. The highest BCUT2D eigenvalue weighted by Gasteiger charge is 2.21. The minimum Gasteiger partial charge on any atom is -0.382 e. The lowest BCUT2D eigenvalue weighted by atomic mass is 10.7. The van der Waals surface area contributed by atoms with Crippen LogP contribution < -0.4 is 11.1 Å². The van der Waals surface area contributed by atoms with Crippen LogP contribution in [0.3, 0.4) is 0 Å². The Morgan fingerprint density at radius 3 is 2.42 bits per heavy atom. The number of nitrogens with zero attached hydrogens (tertiary/aromatic N) is 2. The Hall–Kier alpha value is -0.423. The maximum atomic E-state index is 5.74. The van der Waals surface area contributed by atoms with Crippen molar-refractivity contribution in [2.45, 2.75) is 19.6 Å². The van der Waals surface area contributed by atoms with E-state index in [1.807, 2.05) is 0 Å². The van der Waals surface area contributed by atoms with Gasteiger partial charge in [-0.2, -0.15) is 0 Å². The maximum Gasteiger partial charge on any atom is 0.141 e. The van der Waals surface area contributed by atoms with Gasteiger partial charge in [-0.15, -0.1) is 0 Å². The summed E-state index contributed by atoms with van der Waals surface area (Å²) in [5, 5.41) is 0.978. The summed E-state index contributed by atoms with van der Waals surface area (Å²) in [5.41, 5.74) is 5.74. The van der Waals surface area contributed by atoms with Crippen LogP contribution in [-0.4, -0.2) is 18.0 Å². The van der Waals surface area contributed by atoms with E-state index in [1.165, 1.54) is 0 Å². The fraction of sp³-hybridized carbons (Fsp3) is 0.429. The zero-order chi connectivity index (χ0) is 9.35. The second-order valence-electron chi connectivity index (χ2n) is 3.68. The molecule has 66 valence electrons. The standard InChI is InChI=1S/C7H12BrN3Si/c1-12(2,3)7-6(9)11-5(8)4-10-7/h4H,1-3H3,(H2,9,11). The average Bonchev–Trinajstić information content (AvgIpc) is 1.83. The van der Waals surface area contributed by atoms with E-state index in [0.717, 1.165) is 5.32 Å². The fourth-order valence-electron chi connectivity index (χ4n) is 0.959. The molecule has 1 aromatic heterocycles. The highest BCUT2D eigenvalue weighted by molar-refractivity contribution is 9.10. The molecule has 0 radical (unpaired) electrons. The van der Waals surface area contributed by atoms with Crippen molar-refractivity contribution in [3.05, 3.63) is 10.8 Å². The van der Waals surface area contributed by atoms with Gasteiger partial charge in [0.2, 0.25) is 0 Å². The number of nitrogen functional groups attached to an aromatic ring is 1. The van der Waals surface area contributed by atoms with Crippen molar-refractivity contribution >= 4 is 35.1 Å². The molecule has 0 aliphatic carbocycles. The van der Waals surface area contributed by atoms with Crippen molar-refractivity contribution in [1.82, 2.24) is 9.97 Å². The predicted molar refractivity (Wildman–Crippen MR) is 57.1 cm³/mol. The first-order valence-electron chi connectivity index (χ1n) is 3.70. The third kappa shape index (κ3) is 2.04. The summed E-state index contributed by atoms with van der Waals surface area (Å²) in [4.78, 5) is 8.38. The summed E-state index contributed by atoms with van der Waals surface area (Å²) >= 11 is 3.22. The molecule has 1 aromatic rings. The van der Waals surface area contributed by atoms with Crippen LogP contribution in [0, 0.1) is 0 Å². The second-order valence-corrected chi connectivity index (χ2v) is 9.46. The Labute approximate surface area is 81.6 Å². The largest absolute Gasteiger partial charge is 0.382 e. The Morgan fingerprint density at radius 1 is 1.42 bits per heavy atom. The number of hydrogen-bond acceptors (Lipinski definition) is 3. The van der Waals surface area contributed by atoms with Gasteiger partial charge in [0.15, 0.2) is 0 Å². The number of anilines is 1.